The van der Waals surface area contributed by atoms with Crippen LogP contribution >= 0.6 is 11.3 Å². The maximum atomic E-state index is 12.6. The molecule has 1 heterocycles. The van der Waals surface area contributed by atoms with Crippen LogP contribution in [0.15, 0.2) is 33.9 Å². The normalized spacial score (nSPS) is 12.6. The zero-order valence-corrected chi connectivity index (χ0v) is 18.9. The van der Waals surface area contributed by atoms with E-state index in [0.29, 0.717) is 5.56 Å². The van der Waals surface area contributed by atoms with Gasteiger partial charge in [-0.25, -0.2) is 13.1 Å². The molecule has 1 amide bonds. The highest BCUT2D eigenvalue weighted by atomic mass is 32.2. The van der Waals surface area contributed by atoms with Crippen LogP contribution in [-0.4, -0.2) is 19.4 Å². The second-order valence-electron chi connectivity index (χ2n) is 8.14. The summed E-state index contributed by atoms with van der Waals surface area (Å²) in [6, 6.07) is 7.36. The lowest BCUT2D eigenvalue weighted by atomic mass is 9.87. The molecule has 1 aromatic heterocycles. The monoisotopic (exact) mass is 423 g/mol. The highest BCUT2D eigenvalue weighted by Gasteiger charge is 2.25. The first-order valence-electron chi connectivity index (χ1n) is 9.31. The SMILES string of the molecule is CC(C)c1cccc(C(C)C)c1CC(=O)NS(=O)(=O)c1cc(C(C)(C)O)cs1. The Morgan fingerprint density at radius 3 is 2.11 bits per heavy atom. The number of hydrogen-bond acceptors (Lipinski definition) is 5. The Balaban J connectivity index is 2.28. The largest absolute Gasteiger partial charge is 0.386 e. The van der Waals surface area contributed by atoms with Crippen LogP contribution in [0.3, 0.4) is 0 Å². The van der Waals surface area contributed by atoms with Crippen LogP contribution in [0.25, 0.3) is 0 Å². The number of nitrogens with one attached hydrogen (secondary N) is 1. The standard InChI is InChI=1S/C21H29NO4S2/c1-13(2)16-8-7-9-17(14(3)4)18(16)11-19(23)22-28(25,26)20-10-15(12-27-20)21(5,6)24/h7-10,12-14,24H,11H2,1-6H3,(H,22,23). The van der Waals surface area contributed by atoms with Crippen molar-refractivity contribution in [2.75, 3.05) is 0 Å². The van der Waals surface area contributed by atoms with E-state index in [-0.39, 0.29) is 22.5 Å². The van der Waals surface area contributed by atoms with Crippen LogP contribution < -0.4 is 4.72 Å². The molecule has 154 valence electrons. The van der Waals surface area contributed by atoms with E-state index in [1.165, 1.54) is 6.07 Å². The van der Waals surface area contributed by atoms with Gasteiger partial charge >= 0.3 is 0 Å². The summed E-state index contributed by atoms with van der Waals surface area (Å²) in [4.78, 5) is 12.6. The number of carbonyl (C=O) groups is 1. The fourth-order valence-corrected chi connectivity index (χ4v) is 5.41. The molecular formula is C21H29NO4S2. The molecule has 0 spiro atoms. The van der Waals surface area contributed by atoms with Gasteiger partial charge in [-0.15, -0.1) is 11.3 Å². The number of rotatable bonds is 7. The highest BCUT2D eigenvalue weighted by molar-refractivity contribution is 7.92. The van der Waals surface area contributed by atoms with Gasteiger partial charge in [-0.1, -0.05) is 45.9 Å². The van der Waals surface area contributed by atoms with Crippen LogP contribution in [0.2, 0.25) is 0 Å². The Morgan fingerprint density at radius 2 is 1.68 bits per heavy atom. The third-order valence-corrected chi connectivity index (χ3v) is 7.44. The average molecular weight is 424 g/mol. The number of sulfonamides is 1. The lowest BCUT2D eigenvalue weighted by molar-refractivity contribution is -0.118. The van der Waals surface area contributed by atoms with Gasteiger partial charge < -0.3 is 5.11 Å². The van der Waals surface area contributed by atoms with Gasteiger partial charge in [0, 0.05) is 0 Å². The Kier molecular flexibility index (Phi) is 6.74. The molecule has 0 aliphatic rings. The van der Waals surface area contributed by atoms with Crippen molar-refractivity contribution in [3.05, 3.63) is 51.9 Å². The molecule has 0 saturated carbocycles. The molecule has 0 bridgehead atoms. The summed E-state index contributed by atoms with van der Waals surface area (Å²) >= 11 is 0.985. The van der Waals surface area contributed by atoms with Gasteiger partial charge in [0.2, 0.25) is 5.91 Å². The number of benzene rings is 1. The summed E-state index contributed by atoms with van der Waals surface area (Å²) in [6.45, 7) is 11.4. The van der Waals surface area contributed by atoms with Crippen LogP contribution in [-0.2, 0) is 26.8 Å². The number of thiophene rings is 1. The Morgan fingerprint density at radius 1 is 1.14 bits per heavy atom. The molecule has 2 aromatic rings. The number of hydrogen-bond donors (Lipinski definition) is 2. The molecule has 0 radical (unpaired) electrons. The van der Waals surface area contributed by atoms with Crippen molar-refractivity contribution >= 4 is 27.3 Å². The highest BCUT2D eigenvalue weighted by Crippen LogP contribution is 2.30. The molecule has 0 fully saturated rings. The third-order valence-electron chi connectivity index (χ3n) is 4.62. The topological polar surface area (TPSA) is 83.5 Å². The van der Waals surface area contributed by atoms with E-state index in [4.69, 9.17) is 0 Å². The van der Waals surface area contributed by atoms with Crippen molar-refractivity contribution in [2.24, 2.45) is 0 Å². The van der Waals surface area contributed by atoms with Crippen molar-refractivity contribution in [2.45, 2.75) is 69.6 Å². The first kappa shape index (κ1) is 22.6. The van der Waals surface area contributed by atoms with Gasteiger partial charge in [-0.05, 0) is 59.4 Å². The van der Waals surface area contributed by atoms with E-state index in [0.717, 1.165) is 28.0 Å². The zero-order chi connectivity index (χ0) is 21.3. The van der Waals surface area contributed by atoms with Crippen LogP contribution in [0.1, 0.15) is 75.6 Å². The van der Waals surface area contributed by atoms with Gasteiger partial charge in [0.15, 0.2) is 0 Å². The lowest BCUT2D eigenvalue weighted by Crippen LogP contribution is -2.32. The first-order valence-corrected chi connectivity index (χ1v) is 11.7. The molecule has 0 aliphatic heterocycles. The Labute approximate surface area is 171 Å². The van der Waals surface area contributed by atoms with E-state index in [2.05, 4.69) is 32.4 Å². The molecule has 1 aromatic carbocycles. The van der Waals surface area contributed by atoms with Crippen molar-refractivity contribution in [3.8, 4) is 0 Å². The first-order chi connectivity index (χ1) is 12.8. The minimum Gasteiger partial charge on any atom is -0.386 e. The number of carbonyl (C=O) groups excluding carboxylic acids is 1. The summed E-state index contributed by atoms with van der Waals surface area (Å²) < 4.78 is 27.4. The molecule has 0 aliphatic carbocycles. The molecule has 0 saturated heterocycles. The smallest absolute Gasteiger partial charge is 0.273 e. The van der Waals surface area contributed by atoms with Gasteiger partial charge in [-0.3, -0.25) is 4.79 Å². The fourth-order valence-electron chi connectivity index (χ4n) is 3.08. The zero-order valence-electron chi connectivity index (χ0n) is 17.2. The molecule has 0 atom stereocenters. The minimum absolute atomic E-state index is 0.00478. The molecule has 2 rings (SSSR count). The number of amides is 1. The van der Waals surface area contributed by atoms with Gasteiger partial charge in [0.05, 0.1) is 12.0 Å². The Hall–Kier alpha value is -1.70. The van der Waals surface area contributed by atoms with Crippen molar-refractivity contribution in [3.63, 3.8) is 0 Å². The number of aliphatic hydroxyl groups is 1. The van der Waals surface area contributed by atoms with E-state index in [1.54, 1.807) is 19.2 Å². The van der Waals surface area contributed by atoms with Gasteiger partial charge in [0.1, 0.15) is 4.21 Å². The fraction of sp³-hybridized carbons (Fsp3) is 0.476. The van der Waals surface area contributed by atoms with Crippen LogP contribution in [0, 0.1) is 0 Å². The molecule has 7 heteroatoms. The predicted molar refractivity (Wildman–Crippen MR) is 113 cm³/mol. The third kappa shape index (κ3) is 5.21. The molecule has 5 nitrogen and oxygen atoms in total. The summed E-state index contributed by atoms with van der Waals surface area (Å²) in [5.74, 6) is -0.109. The van der Waals surface area contributed by atoms with Crippen molar-refractivity contribution in [1.82, 2.24) is 4.72 Å². The second-order valence-corrected chi connectivity index (χ2v) is 11.0. The van der Waals surface area contributed by atoms with Gasteiger partial charge in [0.25, 0.3) is 10.0 Å². The maximum Gasteiger partial charge on any atom is 0.273 e. The quantitative estimate of drug-likeness (QED) is 0.697. The predicted octanol–water partition coefficient (Wildman–Crippen LogP) is 4.27. The molecule has 2 N–H and O–H groups in total. The van der Waals surface area contributed by atoms with Crippen molar-refractivity contribution < 1.29 is 18.3 Å². The Bertz CT molecular complexity index is 925. The maximum absolute atomic E-state index is 12.6. The minimum atomic E-state index is -3.98. The second kappa shape index (κ2) is 8.35. The summed E-state index contributed by atoms with van der Waals surface area (Å²) in [6.07, 6.45) is 0.00478. The summed E-state index contributed by atoms with van der Waals surface area (Å²) in [7, 11) is -3.98. The average Bonchev–Trinajstić information content (AvgIpc) is 3.05. The molecular weight excluding hydrogens is 394 g/mol. The summed E-state index contributed by atoms with van der Waals surface area (Å²) in [5.41, 5.74) is 2.36. The van der Waals surface area contributed by atoms with Crippen LogP contribution in [0.4, 0.5) is 0 Å². The molecule has 0 unspecified atom stereocenters. The molecule has 28 heavy (non-hydrogen) atoms. The van der Waals surface area contributed by atoms with Gasteiger partial charge in [-0.2, -0.15) is 0 Å². The summed E-state index contributed by atoms with van der Waals surface area (Å²) in [5, 5.41) is 11.6. The van der Waals surface area contributed by atoms with Crippen molar-refractivity contribution in [1.29, 1.82) is 0 Å². The van der Waals surface area contributed by atoms with E-state index in [1.807, 2.05) is 18.2 Å². The van der Waals surface area contributed by atoms with Crippen LogP contribution in [0.5, 0.6) is 0 Å². The van der Waals surface area contributed by atoms with E-state index < -0.39 is 21.5 Å². The van der Waals surface area contributed by atoms with E-state index in [9.17, 15) is 18.3 Å². The lowest BCUT2D eigenvalue weighted by Gasteiger charge is -2.19. The van der Waals surface area contributed by atoms with E-state index >= 15 is 0 Å².